The third-order valence-corrected chi connectivity index (χ3v) is 2.35. The van der Waals surface area contributed by atoms with Crippen LogP contribution in [-0.4, -0.2) is 11.1 Å². The molecule has 13 heavy (non-hydrogen) atoms. The number of terminal acetylenes is 1. The Hall–Kier alpha value is -1.23. The summed E-state index contributed by atoms with van der Waals surface area (Å²) in [4.78, 5) is 10.8. The van der Waals surface area contributed by atoms with Crippen LogP contribution in [0.4, 0.5) is 0 Å². The van der Waals surface area contributed by atoms with Crippen molar-refractivity contribution >= 4 is 5.97 Å². The van der Waals surface area contributed by atoms with Gasteiger partial charge in [0.2, 0.25) is 0 Å². The largest absolute Gasteiger partial charge is 0.481 e. The van der Waals surface area contributed by atoms with Crippen molar-refractivity contribution in [2.75, 3.05) is 0 Å². The molecule has 2 nitrogen and oxygen atoms in total. The van der Waals surface area contributed by atoms with Crippen LogP contribution in [-0.2, 0) is 4.79 Å². The molecule has 0 aromatic heterocycles. The Balaban J connectivity index is 4.76. The molecule has 72 valence electrons. The first-order chi connectivity index (χ1) is 6.04. The fourth-order valence-electron chi connectivity index (χ4n) is 1.12. The Morgan fingerprint density at radius 1 is 1.54 bits per heavy atom. The first kappa shape index (κ1) is 11.8. The van der Waals surface area contributed by atoms with Crippen LogP contribution in [0.2, 0.25) is 0 Å². The van der Waals surface area contributed by atoms with Gasteiger partial charge < -0.3 is 5.11 Å². The monoisotopic (exact) mass is 180 g/mol. The zero-order valence-corrected chi connectivity index (χ0v) is 8.42. The summed E-state index contributed by atoms with van der Waals surface area (Å²) in [5, 5.41) is 8.89. The van der Waals surface area contributed by atoms with Crippen molar-refractivity contribution in [3.05, 3.63) is 11.1 Å². The maximum atomic E-state index is 10.8. The zero-order valence-electron chi connectivity index (χ0n) is 8.42. The van der Waals surface area contributed by atoms with Crippen LogP contribution in [0.5, 0.6) is 0 Å². The predicted octanol–water partition coefficient (Wildman–Crippen LogP) is 2.46. The van der Waals surface area contributed by atoms with E-state index in [4.69, 9.17) is 11.5 Å². The quantitative estimate of drug-likeness (QED) is 0.533. The Kier molecular flexibility index (Phi) is 4.91. The summed E-state index contributed by atoms with van der Waals surface area (Å²) in [6.07, 6.45) is 6.26. The van der Waals surface area contributed by atoms with Gasteiger partial charge in [0.25, 0.3) is 0 Å². The second-order valence-corrected chi connectivity index (χ2v) is 3.12. The Morgan fingerprint density at radius 2 is 2.08 bits per heavy atom. The van der Waals surface area contributed by atoms with Gasteiger partial charge in [-0.2, -0.15) is 0 Å². The van der Waals surface area contributed by atoms with Gasteiger partial charge in [-0.3, -0.25) is 4.79 Å². The van der Waals surface area contributed by atoms with Gasteiger partial charge in [-0.25, -0.2) is 0 Å². The van der Waals surface area contributed by atoms with Gasteiger partial charge >= 0.3 is 5.97 Å². The van der Waals surface area contributed by atoms with Gasteiger partial charge in [0.15, 0.2) is 0 Å². The van der Waals surface area contributed by atoms with Gasteiger partial charge in [-0.15, -0.1) is 12.3 Å². The summed E-state index contributed by atoms with van der Waals surface area (Å²) in [5.41, 5.74) is 2.01. The lowest BCUT2D eigenvalue weighted by molar-refractivity contribution is -0.140. The lowest BCUT2D eigenvalue weighted by Crippen LogP contribution is -2.15. The number of allylic oxidation sites excluding steroid dienone is 1. The third kappa shape index (κ3) is 3.33. The maximum absolute atomic E-state index is 10.8. The summed E-state index contributed by atoms with van der Waals surface area (Å²) in [6.45, 7) is 5.80. The van der Waals surface area contributed by atoms with Crippen LogP contribution in [0.15, 0.2) is 11.1 Å². The minimum atomic E-state index is -0.830. The van der Waals surface area contributed by atoms with Crippen LogP contribution >= 0.6 is 0 Å². The molecule has 0 aliphatic heterocycles. The van der Waals surface area contributed by atoms with Crippen molar-refractivity contribution in [2.24, 2.45) is 5.92 Å². The van der Waals surface area contributed by atoms with Gasteiger partial charge in [0.05, 0.1) is 5.92 Å². The summed E-state index contributed by atoms with van der Waals surface area (Å²) >= 11 is 0. The molecule has 2 heteroatoms. The number of hydrogen-bond acceptors (Lipinski definition) is 1. The number of aliphatic carboxylic acids is 1. The smallest absolute Gasteiger partial charge is 0.311 e. The topological polar surface area (TPSA) is 37.3 Å². The summed E-state index contributed by atoms with van der Waals surface area (Å²) in [5.74, 6) is 1.05. The van der Waals surface area contributed by atoms with Crippen molar-refractivity contribution in [1.29, 1.82) is 0 Å². The van der Waals surface area contributed by atoms with E-state index in [0.717, 1.165) is 17.6 Å². The van der Waals surface area contributed by atoms with E-state index in [9.17, 15) is 4.79 Å². The number of carboxylic acid groups (broad SMARTS) is 1. The molecule has 0 rings (SSSR count). The number of carboxylic acids is 1. The van der Waals surface area contributed by atoms with E-state index < -0.39 is 11.9 Å². The van der Waals surface area contributed by atoms with Crippen LogP contribution in [0.1, 0.15) is 33.6 Å². The summed E-state index contributed by atoms with van der Waals surface area (Å²) < 4.78 is 0. The third-order valence-electron chi connectivity index (χ3n) is 2.35. The van der Waals surface area contributed by atoms with Crippen molar-refractivity contribution in [3.63, 3.8) is 0 Å². The van der Waals surface area contributed by atoms with Crippen LogP contribution in [0.25, 0.3) is 0 Å². The molecule has 1 unspecified atom stereocenters. The molecular formula is C11H16O2. The molecule has 1 N–H and O–H groups in total. The molecule has 0 aromatic rings. The van der Waals surface area contributed by atoms with Gasteiger partial charge in [-0.05, 0) is 20.3 Å². The van der Waals surface area contributed by atoms with Crippen LogP contribution < -0.4 is 0 Å². The lowest BCUT2D eigenvalue weighted by atomic mass is 9.92. The average Bonchev–Trinajstić information content (AvgIpc) is 2.11. The van der Waals surface area contributed by atoms with Crippen molar-refractivity contribution in [1.82, 2.24) is 0 Å². The molecule has 0 spiro atoms. The SMILES string of the molecule is C#CCC(C(=O)O)C(C)=C(C)CC. The molecule has 0 heterocycles. The highest BCUT2D eigenvalue weighted by Gasteiger charge is 2.19. The van der Waals surface area contributed by atoms with Crippen molar-refractivity contribution in [2.45, 2.75) is 33.6 Å². The number of carbonyl (C=O) groups is 1. The molecule has 0 radical (unpaired) electrons. The van der Waals surface area contributed by atoms with Crippen molar-refractivity contribution in [3.8, 4) is 12.3 Å². The molecule has 0 amide bonds. The minimum absolute atomic E-state index is 0.276. The molecule has 0 aromatic carbocycles. The first-order valence-corrected chi connectivity index (χ1v) is 4.37. The van der Waals surface area contributed by atoms with E-state index >= 15 is 0 Å². The fourth-order valence-corrected chi connectivity index (χ4v) is 1.12. The van der Waals surface area contributed by atoms with Crippen LogP contribution in [0.3, 0.4) is 0 Å². The molecular weight excluding hydrogens is 164 g/mol. The van der Waals surface area contributed by atoms with Crippen molar-refractivity contribution < 1.29 is 9.90 Å². The van der Waals surface area contributed by atoms with Crippen LogP contribution in [0, 0.1) is 18.3 Å². The molecule has 0 bridgehead atoms. The summed E-state index contributed by atoms with van der Waals surface area (Å²) in [7, 11) is 0. The maximum Gasteiger partial charge on any atom is 0.311 e. The Labute approximate surface area is 79.7 Å². The normalized spacial score (nSPS) is 14.3. The highest BCUT2D eigenvalue weighted by Crippen LogP contribution is 2.20. The van der Waals surface area contributed by atoms with Gasteiger partial charge in [-0.1, -0.05) is 18.1 Å². The van der Waals surface area contributed by atoms with E-state index in [1.807, 2.05) is 20.8 Å². The highest BCUT2D eigenvalue weighted by atomic mass is 16.4. The van der Waals surface area contributed by atoms with Gasteiger partial charge in [0.1, 0.15) is 0 Å². The summed E-state index contributed by atoms with van der Waals surface area (Å²) in [6, 6.07) is 0. The van der Waals surface area contributed by atoms with E-state index in [0.29, 0.717) is 0 Å². The zero-order chi connectivity index (χ0) is 10.4. The van der Waals surface area contributed by atoms with E-state index in [2.05, 4.69) is 5.92 Å². The average molecular weight is 180 g/mol. The Morgan fingerprint density at radius 3 is 2.38 bits per heavy atom. The second-order valence-electron chi connectivity index (χ2n) is 3.12. The molecule has 0 fully saturated rings. The minimum Gasteiger partial charge on any atom is -0.481 e. The standard InChI is InChI=1S/C11H16O2/c1-5-7-10(11(12)13)9(4)8(3)6-2/h1,10H,6-7H2,2-4H3,(H,12,13). The second kappa shape index (κ2) is 5.42. The number of rotatable bonds is 4. The number of hydrogen-bond donors (Lipinski definition) is 1. The van der Waals surface area contributed by atoms with E-state index in [1.165, 1.54) is 0 Å². The molecule has 0 aliphatic rings. The van der Waals surface area contributed by atoms with E-state index in [-0.39, 0.29) is 6.42 Å². The highest BCUT2D eigenvalue weighted by molar-refractivity contribution is 5.74. The molecule has 1 atom stereocenters. The predicted molar refractivity (Wildman–Crippen MR) is 53.2 cm³/mol. The van der Waals surface area contributed by atoms with E-state index in [1.54, 1.807) is 0 Å². The lowest BCUT2D eigenvalue weighted by Gasteiger charge is -2.12. The molecule has 0 saturated heterocycles. The first-order valence-electron chi connectivity index (χ1n) is 4.37. The molecule has 0 saturated carbocycles. The van der Waals surface area contributed by atoms with Gasteiger partial charge in [0, 0.05) is 6.42 Å². The molecule has 0 aliphatic carbocycles. The fraction of sp³-hybridized carbons (Fsp3) is 0.545. The Bertz CT molecular complexity index is 256.